The standard InChI is InChI=1S/C14H19N3/c1-3-11-4-6-12(7-5-11)13-10-16-14(17-13)8-9-15-2/h4-7,10,15H,3,8-9H2,1-2H3,(H,16,17). The van der Waals surface area contributed by atoms with Crippen molar-refractivity contribution >= 4 is 0 Å². The van der Waals surface area contributed by atoms with Crippen molar-refractivity contribution in [2.75, 3.05) is 13.6 Å². The molecule has 3 nitrogen and oxygen atoms in total. The van der Waals surface area contributed by atoms with Crippen molar-refractivity contribution < 1.29 is 0 Å². The number of benzene rings is 1. The average Bonchev–Trinajstić information content (AvgIpc) is 2.85. The largest absolute Gasteiger partial charge is 0.342 e. The lowest BCUT2D eigenvalue weighted by Crippen LogP contribution is -2.10. The van der Waals surface area contributed by atoms with Crippen LogP contribution in [-0.4, -0.2) is 23.6 Å². The van der Waals surface area contributed by atoms with Gasteiger partial charge in [-0.1, -0.05) is 31.2 Å². The third-order valence-corrected chi connectivity index (χ3v) is 2.91. The summed E-state index contributed by atoms with van der Waals surface area (Å²) < 4.78 is 0. The minimum atomic E-state index is 0.934. The molecule has 0 amide bonds. The molecule has 1 aromatic carbocycles. The first-order valence-electron chi connectivity index (χ1n) is 6.11. The maximum Gasteiger partial charge on any atom is 0.107 e. The van der Waals surface area contributed by atoms with Crippen molar-refractivity contribution in [2.45, 2.75) is 19.8 Å². The second-order valence-electron chi connectivity index (χ2n) is 4.15. The molecule has 2 N–H and O–H groups in total. The molecule has 0 aliphatic carbocycles. The molecule has 3 heteroatoms. The molecule has 0 saturated carbocycles. The van der Waals surface area contributed by atoms with Crippen LogP contribution in [-0.2, 0) is 12.8 Å². The second kappa shape index (κ2) is 5.64. The fraction of sp³-hybridized carbons (Fsp3) is 0.357. The summed E-state index contributed by atoms with van der Waals surface area (Å²) in [6.45, 7) is 3.11. The zero-order valence-electron chi connectivity index (χ0n) is 10.5. The SMILES string of the molecule is CCc1ccc(-c2cnc(CCNC)[nH]2)cc1. The molecule has 2 rings (SSSR count). The van der Waals surface area contributed by atoms with Gasteiger partial charge >= 0.3 is 0 Å². The Balaban J connectivity index is 2.12. The number of aryl methyl sites for hydroxylation is 1. The molecule has 17 heavy (non-hydrogen) atoms. The van der Waals surface area contributed by atoms with E-state index in [1.54, 1.807) is 0 Å². The highest BCUT2D eigenvalue weighted by molar-refractivity contribution is 5.58. The lowest BCUT2D eigenvalue weighted by Gasteiger charge is -2.00. The number of aromatic amines is 1. The lowest BCUT2D eigenvalue weighted by atomic mass is 10.1. The fourth-order valence-corrected chi connectivity index (χ4v) is 1.80. The Bertz CT molecular complexity index is 457. The van der Waals surface area contributed by atoms with Crippen LogP contribution < -0.4 is 5.32 Å². The number of likely N-dealkylation sites (N-methyl/N-ethyl adjacent to an activating group) is 1. The molecule has 1 aromatic heterocycles. The first-order chi connectivity index (χ1) is 8.33. The van der Waals surface area contributed by atoms with Gasteiger partial charge in [0.1, 0.15) is 5.82 Å². The number of rotatable bonds is 5. The van der Waals surface area contributed by atoms with Gasteiger partial charge in [-0.05, 0) is 24.6 Å². The number of imidazole rings is 1. The predicted octanol–water partition coefficient (Wildman–Crippen LogP) is 2.40. The molecule has 0 aliphatic rings. The number of nitrogens with zero attached hydrogens (tertiary/aromatic N) is 1. The smallest absolute Gasteiger partial charge is 0.107 e. The van der Waals surface area contributed by atoms with E-state index in [0.29, 0.717) is 0 Å². The van der Waals surface area contributed by atoms with Crippen molar-refractivity contribution in [2.24, 2.45) is 0 Å². The van der Waals surface area contributed by atoms with E-state index in [4.69, 9.17) is 0 Å². The Morgan fingerprint density at radius 2 is 2.00 bits per heavy atom. The Hall–Kier alpha value is -1.61. The van der Waals surface area contributed by atoms with E-state index in [1.165, 1.54) is 11.1 Å². The van der Waals surface area contributed by atoms with Gasteiger partial charge in [0.25, 0.3) is 0 Å². The third-order valence-electron chi connectivity index (χ3n) is 2.91. The monoisotopic (exact) mass is 229 g/mol. The van der Waals surface area contributed by atoms with Gasteiger partial charge in [-0.2, -0.15) is 0 Å². The molecule has 0 radical (unpaired) electrons. The minimum Gasteiger partial charge on any atom is -0.342 e. The molecule has 0 aliphatic heterocycles. The molecular weight excluding hydrogens is 210 g/mol. The fourth-order valence-electron chi connectivity index (χ4n) is 1.80. The Labute approximate surface area is 102 Å². The van der Waals surface area contributed by atoms with Gasteiger partial charge in [0, 0.05) is 13.0 Å². The van der Waals surface area contributed by atoms with Gasteiger partial charge in [-0.15, -0.1) is 0 Å². The van der Waals surface area contributed by atoms with Gasteiger partial charge in [0.15, 0.2) is 0 Å². The predicted molar refractivity (Wildman–Crippen MR) is 71.0 cm³/mol. The minimum absolute atomic E-state index is 0.934. The molecule has 1 heterocycles. The average molecular weight is 229 g/mol. The number of nitrogens with one attached hydrogen (secondary N) is 2. The number of H-pyrrole nitrogens is 1. The first kappa shape index (κ1) is 11.9. The number of aromatic nitrogens is 2. The van der Waals surface area contributed by atoms with E-state index in [9.17, 15) is 0 Å². The second-order valence-corrected chi connectivity index (χ2v) is 4.15. The van der Waals surface area contributed by atoms with E-state index in [-0.39, 0.29) is 0 Å². The van der Waals surface area contributed by atoms with Crippen LogP contribution in [0.5, 0.6) is 0 Å². The third kappa shape index (κ3) is 2.94. The summed E-state index contributed by atoms with van der Waals surface area (Å²) in [5.41, 5.74) is 3.66. The van der Waals surface area contributed by atoms with E-state index in [2.05, 4.69) is 46.5 Å². The molecule has 2 aromatic rings. The van der Waals surface area contributed by atoms with E-state index < -0.39 is 0 Å². The van der Waals surface area contributed by atoms with Gasteiger partial charge in [-0.25, -0.2) is 4.98 Å². The highest BCUT2D eigenvalue weighted by atomic mass is 14.9. The van der Waals surface area contributed by atoms with E-state index >= 15 is 0 Å². The van der Waals surface area contributed by atoms with Crippen LogP contribution >= 0.6 is 0 Å². The maximum atomic E-state index is 4.38. The maximum absolute atomic E-state index is 4.38. The highest BCUT2D eigenvalue weighted by Crippen LogP contribution is 2.17. The van der Waals surface area contributed by atoms with Crippen LogP contribution in [0, 0.1) is 0 Å². The van der Waals surface area contributed by atoms with Gasteiger partial charge < -0.3 is 10.3 Å². The van der Waals surface area contributed by atoms with Crippen LogP contribution in [0.25, 0.3) is 11.3 Å². The van der Waals surface area contributed by atoms with Crippen LogP contribution in [0.4, 0.5) is 0 Å². The van der Waals surface area contributed by atoms with Crippen LogP contribution in [0.2, 0.25) is 0 Å². The Morgan fingerprint density at radius 1 is 1.24 bits per heavy atom. The molecule has 0 saturated heterocycles. The quantitative estimate of drug-likeness (QED) is 0.826. The van der Waals surface area contributed by atoms with Crippen LogP contribution in [0.3, 0.4) is 0 Å². The van der Waals surface area contributed by atoms with Gasteiger partial charge in [-0.3, -0.25) is 0 Å². The lowest BCUT2D eigenvalue weighted by molar-refractivity contribution is 0.764. The van der Waals surface area contributed by atoms with Crippen molar-refractivity contribution in [3.8, 4) is 11.3 Å². The van der Waals surface area contributed by atoms with E-state index in [0.717, 1.165) is 30.9 Å². The molecule has 0 unspecified atom stereocenters. The summed E-state index contributed by atoms with van der Waals surface area (Å²) in [4.78, 5) is 7.73. The Kier molecular flexibility index (Phi) is 3.94. The normalized spacial score (nSPS) is 10.7. The molecule has 90 valence electrons. The Morgan fingerprint density at radius 3 is 2.65 bits per heavy atom. The highest BCUT2D eigenvalue weighted by Gasteiger charge is 2.02. The molecule has 0 spiro atoms. The molecule has 0 fully saturated rings. The summed E-state index contributed by atoms with van der Waals surface area (Å²) in [6, 6.07) is 8.63. The summed E-state index contributed by atoms with van der Waals surface area (Å²) in [5.74, 6) is 1.04. The zero-order valence-corrected chi connectivity index (χ0v) is 10.5. The van der Waals surface area contributed by atoms with Gasteiger partial charge in [0.2, 0.25) is 0 Å². The molecule has 0 bridgehead atoms. The van der Waals surface area contributed by atoms with Crippen molar-refractivity contribution in [1.82, 2.24) is 15.3 Å². The topological polar surface area (TPSA) is 40.7 Å². The van der Waals surface area contributed by atoms with Crippen LogP contribution in [0.1, 0.15) is 18.3 Å². The van der Waals surface area contributed by atoms with Crippen molar-refractivity contribution in [3.05, 3.63) is 41.9 Å². The summed E-state index contributed by atoms with van der Waals surface area (Å²) in [7, 11) is 1.95. The van der Waals surface area contributed by atoms with Crippen LogP contribution in [0.15, 0.2) is 30.5 Å². The van der Waals surface area contributed by atoms with E-state index in [1.807, 2.05) is 13.2 Å². The first-order valence-corrected chi connectivity index (χ1v) is 6.11. The van der Waals surface area contributed by atoms with Gasteiger partial charge in [0.05, 0.1) is 11.9 Å². The molecule has 0 atom stereocenters. The summed E-state index contributed by atoms with van der Waals surface area (Å²) in [6.07, 6.45) is 3.92. The number of hydrogen-bond donors (Lipinski definition) is 2. The molecular formula is C14H19N3. The van der Waals surface area contributed by atoms with Crippen molar-refractivity contribution in [1.29, 1.82) is 0 Å². The zero-order chi connectivity index (χ0) is 12.1. The summed E-state index contributed by atoms with van der Waals surface area (Å²) >= 11 is 0. The number of hydrogen-bond acceptors (Lipinski definition) is 2. The summed E-state index contributed by atoms with van der Waals surface area (Å²) in [5, 5.41) is 3.12. The van der Waals surface area contributed by atoms with Crippen molar-refractivity contribution in [3.63, 3.8) is 0 Å².